The van der Waals surface area contributed by atoms with E-state index < -0.39 is 5.97 Å². The second-order valence-corrected chi connectivity index (χ2v) is 2.92. The van der Waals surface area contributed by atoms with Crippen LogP contribution in [0.4, 0.5) is 0 Å². The molecule has 90 valence electrons. The van der Waals surface area contributed by atoms with Crippen molar-refractivity contribution in [2.75, 3.05) is 0 Å². The third kappa shape index (κ3) is 4.78. The molecule has 2 rings (SSSR count). The Morgan fingerprint density at radius 2 is 1.44 bits per heavy atom. The first-order chi connectivity index (χ1) is 7.22. The predicted octanol–water partition coefficient (Wildman–Crippen LogP) is 2.91. The molecule has 2 aromatic carbocycles. The SMILES string of the molecule is C=C(C(=O)O)[c-]1cccc1.[Fe].[cH-]1[cH-][cH-][cH-][cH-]1. The standard InChI is InChI=1S/C8H7O2.C5H5.Fe/c1-6(8(9)10)7-4-2-3-5-7;1-2-4-5-3-1;/h2-5H,1H2,(H,9,10);1-5H;/q-1;-5;. The van der Waals surface area contributed by atoms with Gasteiger partial charge >= 0.3 is 0 Å². The Morgan fingerprint density at radius 3 is 1.75 bits per heavy atom. The van der Waals surface area contributed by atoms with Crippen molar-refractivity contribution in [2.24, 2.45) is 0 Å². The molecule has 0 bridgehead atoms. The molecule has 0 amide bonds. The van der Waals surface area contributed by atoms with Crippen molar-refractivity contribution in [3.63, 3.8) is 0 Å². The molecule has 0 radical (unpaired) electrons. The van der Waals surface area contributed by atoms with Crippen molar-refractivity contribution in [3.8, 4) is 0 Å². The van der Waals surface area contributed by atoms with E-state index in [9.17, 15) is 4.79 Å². The van der Waals surface area contributed by atoms with Crippen LogP contribution >= 0.6 is 0 Å². The van der Waals surface area contributed by atoms with Gasteiger partial charge < -0.3 is 35.4 Å². The smallest absolute Gasteiger partial charge is 0.265 e. The molecule has 0 saturated carbocycles. The van der Waals surface area contributed by atoms with Crippen LogP contribution in [0.5, 0.6) is 0 Å². The second-order valence-electron chi connectivity index (χ2n) is 2.92. The van der Waals surface area contributed by atoms with Crippen molar-refractivity contribution >= 4 is 11.5 Å². The van der Waals surface area contributed by atoms with Gasteiger partial charge in [-0.25, -0.2) is 0 Å². The molecule has 0 unspecified atom stereocenters. The fourth-order valence-corrected chi connectivity index (χ4v) is 1.02. The number of carboxylic acid groups (broad SMARTS) is 1. The zero-order chi connectivity index (χ0) is 11.1. The number of hydrogen-bond acceptors (Lipinski definition) is 1. The largest absolute Gasteiger partial charge is 0.748 e. The van der Waals surface area contributed by atoms with Crippen LogP contribution in [0.25, 0.3) is 5.57 Å². The summed E-state index contributed by atoms with van der Waals surface area (Å²) in [5, 5.41) is 8.45. The molecule has 1 N–H and O–H groups in total. The molecule has 0 aliphatic rings. The van der Waals surface area contributed by atoms with Gasteiger partial charge in [-0.05, 0) is 5.57 Å². The maximum absolute atomic E-state index is 10.3. The molecule has 16 heavy (non-hydrogen) atoms. The Hall–Kier alpha value is -1.57. The van der Waals surface area contributed by atoms with E-state index in [1.807, 2.05) is 30.3 Å². The van der Waals surface area contributed by atoms with Gasteiger partial charge in [-0.3, -0.25) is 4.79 Å². The third-order valence-electron chi connectivity index (χ3n) is 1.82. The Kier molecular flexibility index (Phi) is 6.93. The van der Waals surface area contributed by atoms with Crippen molar-refractivity contribution in [1.29, 1.82) is 0 Å². The molecule has 0 spiro atoms. The van der Waals surface area contributed by atoms with Gasteiger partial charge in [-0.2, -0.15) is 12.1 Å². The number of hydrogen-bond donors (Lipinski definition) is 1. The topological polar surface area (TPSA) is 37.3 Å². The average molecular weight is 256 g/mol. The molecular formula is C13H12FeO2-6. The molecule has 2 aromatic rings. The van der Waals surface area contributed by atoms with E-state index >= 15 is 0 Å². The second kappa shape index (κ2) is 7.69. The van der Waals surface area contributed by atoms with Crippen LogP contribution in [-0.2, 0) is 21.9 Å². The van der Waals surface area contributed by atoms with E-state index in [-0.39, 0.29) is 22.6 Å². The maximum atomic E-state index is 10.3. The van der Waals surface area contributed by atoms with E-state index in [0.29, 0.717) is 5.56 Å². The van der Waals surface area contributed by atoms with E-state index in [2.05, 4.69) is 6.58 Å². The van der Waals surface area contributed by atoms with E-state index in [4.69, 9.17) is 5.11 Å². The first kappa shape index (κ1) is 14.4. The summed E-state index contributed by atoms with van der Waals surface area (Å²) in [6, 6.07) is 17.0. The summed E-state index contributed by atoms with van der Waals surface area (Å²) in [7, 11) is 0. The summed E-state index contributed by atoms with van der Waals surface area (Å²) in [6.45, 7) is 3.40. The van der Waals surface area contributed by atoms with Gasteiger partial charge in [0.15, 0.2) is 0 Å². The van der Waals surface area contributed by atoms with E-state index in [1.165, 1.54) is 0 Å². The summed E-state index contributed by atoms with van der Waals surface area (Å²) in [4.78, 5) is 10.3. The molecule has 0 fully saturated rings. The Morgan fingerprint density at radius 1 is 1.06 bits per heavy atom. The van der Waals surface area contributed by atoms with Crippen LogP contribution in [-0.4, -0.2) is 11.1 Å². The Balaban J connectivity index is 0.000000318. The van der Waals surface area contributed by atoms with Gasteiger partial charge in [0.1, 0.15) is 0 Å². The Bertz CT molecular complexity index is 382. The quantitative estimate of drug-likeness (QED) is 0.509. The van der Waals surface area contributed by atoms with Crippen molar-refractivity contribution in [2.45, 2.75) is 0 Å². The molecular weight excluding hydrogens is 244 g/mol. The minimum absolute atomic E-state index is 0. The summed E-state index contributed by atoms with van der Waals surface area (Å²) in [5.74, 6) is -0.966. The third-order valence-corrected chi connectivity index (χ3v) is 1.82. The normalized spacial score (nSPS) is 8.25. The first-order valence-corrected chi connectivity index (χ1v) is 4.53. The summed E-state index contributed by atoms with van der Waals surface area (Å²) in [6.07, 6.45) is 0. The van der Waals surface area contributed by atoms with E-state index in [1.54, 1.807) is 24.3 Å². The minimum Gasteiger partial charge on any atom is -0.748 e. The minimum atomic E-state index is -0.966. The summed E-state index contributed by atoms with van der Waals surface area (Å²) >= 11 is 0. The Labute approximate surface area is 105 Å². The van der Waals surface area contributed by atoms with Crippen molar-refractivity contribution < 1.29 is 27.0 Å². The molecule has 0 heterocycles. The first-order valence-electron chi connectivity index (χ1n) is 4.53. The maximum Gasteiger partial charge on any atom is 0.265 e. The zero-order valence-electron chi connectivity index (χ0n) is 8.61. The fourth-order valence-electron chi connectivity index (χ4n) is 1.02. The molecule has 0 aliphatic heterocycles. The van der Waals surface area contributed by atoms with Crippen LogP contribution < -0.4 is 0 Å². The molecule has 0 aliphatic carbocycles. The molecule has 0 aromatic heterocycles. The van der Waals surface area contributed by atoms with Gasteiger partial charge in [0.05, 0.1) is 0 Å². The average Bonchev–Trinajstić information content (AvgIpc) is 2.92. The van der Waals surface area contributed by atoms with Gasteiger partial charge in [0, 0.05) is 17.1 Å². The summed E-state index contributed by atoms with van der Waals surface area (Å²) in [5.41, 5.74) is 0.817. The number of carboxylic acids is 1. The molecule has 2 nitrogen and oxygen atoms in total. The van der Waals surface area contributed by atoms with Crippen LogP contribution in [0.15, 0.2) is 61.2 Å². The van der Waals surface area contributed by atoms with Gasteiger partial charge in [0.2, 0.25) is 0 Å². The molecule has 3 heteroatoms. The summed E-state index contributed by atoms with van der Waals surface area (Å²) < 4.78 is 0. The molecule has 0 saturated heterocycles. The number of aliphatic carboxylic acids is 1. The monoisotopic (exact) mass is 256 g/mol. The zero-order valence-corrected chi connectivity index (χ0v) is 9.72. The van der Waals surface area contributed by atoms with Crippen LogP contribution in [0, 0.1) is 0 Å². The number of carbonyl (C=O) groups is 1. The van der Waals surface area contributed by atoms with Gasteiger partial charge in [0.25, 0.3) is 5.97 Å². The number of rotatable bonds is 2. The van der Waals surface area contributed by atoms with Crippen molar-refractivity contribution in [3.05, 3.63) is 66.7 Å². The van der Waals surface area contributed by atoms with Crippen LogP contribution in [0.2, 0.25) is 0 Å². The van der Waals surface area contributed by atoms with Crippen LogP contribution in [0.1, 0.15) is 5.56 Å². The fraction of sp³-hybridized carbons (Fsp3) is 0. The van der Waals surface area contributed by atoms with E-state index in [0.717, 1.165) is 0 Å². The van der Waals surface area contributed by atoms with Crippen LogP contribution in [0.3, 0.4) is 0 Å². The van der Waals surface area contributed by atoms with Crippen molar-refractivity contribution in [1.82, 2.24) is 0 Å². The van der Waals surface area contributed by atoms with Gasteiger partial charge in [-0.15, -0.1) is 18.7 Å². The van der Waals surface area contributed by atoms with Gasteiger partial charge in [-0.1, -0.05) is 5.56 Å². The molecule has 0 atom stereocenters. The predicted molar refractivity (Wildman–Crippen MR) is 60.7 cm³/mol.